The molecule has 1 atom stereocenters. The predicted molar refractivity (Wildman–Crippen MR) is 69.4 cm³/mol. The fraction of sp³-hybridized carbons (Fsp3) is 0.333. The van der Waals surface area contributed by atoms with E-state index in [1.165, 1.54) is 14.2 Å². The first-order valence-corrected chi connectivity index (χ1v) is 6.05. The van der Waals surface area contributed by atoms with E-state index in [1.54, 1.807) is 0 Å². The van der Waals surface area contributed by atoms with Crippen LogP contribution in [0.4, 0.5) is 0 Å². The van der Waals surface area contributed by atoms with Crippen molar-refractivity contribution in [3.05, 3.63) is 48.0 Å². The van der Waals surface area contributed by atoms with Gasteiger partial charge in [0.05, 0.1) is 14.2 Å². The van der Waals surface area contributed by atoms with Gasteiger partial charge < -0.3 is 9.47 Å². The molecule has 2 rings (SSSR count). The lowest BCUT2D eigenvalue weighted by Gasteiger charge is -2.30. The summed E-state index contributed by atoms with van der Waals surface area (Å²) in [6.07, 6.45) is 3.99. The van der Waals surface area contributed by atoms with E-state index in [0.717, 1.165) is 5.56 Å². The first-order valence-electron chi connectivity index (χ1n) is 6.05. The van der Waals surface area contributed by atoms with Crippen molar-refractivity contribution < 1.29 is 19.1 Å². The zero-order valence-electron chi connectivity index (χ0n) is 11.0. The van der Waals surface area contributed by atoms with Crippen LogP contribution >= 0.6 is 0 Å². The van der Waals surface area contributed by atoms with E-state index in [2.05, 4.69) is 0 Å². The van der Waals surface area contributed by atoms with Gasteiger partial charge in [0.25, 0.3) is 0 Å². The molecular formula is C15H16O4. The van der Waals surface area contributed by atoms with Crippen LogP contribution < -0.4 is 0 Å². The molecule has 1 aliphatic carbocycles. The van der Waals surface area contributed by atoms with Gasteiger partial charge >= 0.3 is 11.9 Å². The Bertz CT molecular complexity index is 488. The van der Waals surface area contributed by atoms with Crippen molar-refractivity contribution in [2.45, 2.75) is 12.3 Å². The van der Waals surface area contributed by atoms with Crippen LogP contribution in [0.1, 0.15) is 17.9 Å². The minimum Gasteiger partial charge on any atom is -0.468 e. The topological polar surface area (TPSA) is 52.6 Å². The molecule has 0 heterocycles. The highest BCUT2D eigenvalue weighted by Gasteiger charge is 2.55. The largest absolute Gasteiger partial charge is 0.468 e. The molecule has 4 nitrogen and oxygen atoms in total. The molecule has 0 N–H and O–H groups in total. The normalized spacial score (nSPS) is 20.0. The number of carbonyl (C=O) groups excluding carboxylic acids is 2. The van der Waals surface area contributed by atoms with E-state index in [9.17, 15) is 9.59 Å². The maximum atomic E-state index is 12.2. The Kier molecular flexibility index (Phi) is 3.69. The minimum atomic E-state index is -1.30. The SMILES string of the molecule is COC(=O)C1(C(=O)OC)CC=CC1c1ccccc1. The molecular weight excluding hydrogens is 244 g/mol. The van der Waals surface area contributed by atoms with Crippen LogP contribution in [-0.4, -0.2) is 26.2 Å². The van der Waals surface area contributed by atoms with Crippen LogP contribution in [0.2, 0.25) is 0 Å². The molecule has 0 spiro atoms. The van der Waals surface area contributed by atoms with Crippen LogP contribution in [-0.2, 0) is 19.1 Å². The van der Waals surface area contributed by atoms with E-state index in [4.69, 9.17) is 9.47 Å². The molecule has 1 aliphatic rings. The molecule has 1 unspecified atom stereocenters. The van der Waals surface area contributed by atoms with Crippen molar-refractivity contribution in [2.75, 3.05) is 14.2 Å². The summed E-state index contributed by atoms with van der Waals surface area (Å²) < 4.78 is 9.66. The molecule has 19 heavy (non-hydrogen) atoms. The van der Waals surface area contributed by atoms with Crippen LogP contribution in [0.3, 0.4) is 0 Å². The highest BCUT2D eigenvalue weighted by molar-refractivity contribution is 6.02. The molecule has 0 bridgehead atoms. The summed E-state index contributed by atoms with van der Waals surface area (Å²) in [4.78, 5) is 24.3. The Labute approximate surface area is 112 Å². The number of allylic oxidation sites excluding steroid dienone is 2. The predicted octanol–water partition coefficient (Wildman–Crippen LogP) is 2.06. The van der Waals surface area contributed by atoms with Gasteiger partial charge in [0.2, 0.25) is 0 Å². The highest BCUT2D eigenvalue weighted by atomic mass is 16.5. The summed E-state index contributed by atoms with van der Waals surface area (Å²) in [6, 6.07) is 9.42. The lowest BCUT2D eigenvalue weighted by atomic mass is 9.73. The minimum absolute atomic E-state index is 0.298. The van der Waals surface area contributed by atoms with Gasteiger partial charge in [0, 0.05) is 5.92 Å². The van der Waals surface area contributed by atoms with Gasteiger partial charge in [-0.1, -0.05) is 42.5 Å². The van der Waals surface area contributed by atoms with Gasteiger partial charge in [-0.25, -0.2) is 0 Å². The van der Waals surface area contributed by atoms with Crippen molar-refractivity contribution in [3.8, 4) is 0 Å². The summed E-state index contributed by atoms with van der Waals surface area (Å²) in [5.74, 6) is -1.47. The third kappa shape index (κ3) is 2.03. The van der Waals surface area contributed by atoms with Crippen molar-refractivity contribution in [1.29, 1.82) is 0 Å². The Hall–Kier alpha value is -2.10. The molecule has 1 aromatic rings. The fourth-order valence-electron chi connectivity index (χ4n) is 2.61. The van der Waals surface area contributed by atoms with Crippen molar-refractivity contribution in [1.82, 2.24) is 0 Å². The molecule has 0 fully saturated rings. The smallest absolute Gasteiger partial charge is 0.324 e. The Morgan fingerprint density at radius 1 is 1.11 bits per heavy atom. The van der Waals surface area contributed by atoms with Crippen molar-refractivity contribution >= 4 is 11.9 Å². The second-order valence-corrected chi connectivity index (χ2v) is 4.48. The third-order valence-corrected chi connectivity index (χ3v) is 3.56. The Balaban J connectivity index is 2.49. The zero-order valence-corrected chi connectivity index (χ0v) is 11.0. The number of hydrogen-bond donors (Lipinski definition) is 0. The van der Waals surface area contributed by atoms with Crippen LogP contribution in [0.25, 0.3) is 0 Å². The highest BCUT2D eigenvalue weighted by Crippen LogP contribution is 2.47. The van der Waals surface area contributed by atoms with Crippen molar-refractivity contribution in [2.24, 2.45) is 5.41 Å². The molecule has 0 aromatic heterocycles. The second kappa shape index (κ2) is 5.26. The zero-order chi connectivity index (χ0) is 13.9. The van der Waals surface area contributed by atoms with E-state index >= 15 is 0 Å². The monoisotopic (exact) mass is 260 g/mol. The summed E-state index contributed by atoms with van der Waals surface area (Å²) >= 11 is 0. The maximum Gasteiger partial charge on any atom is 0.324 e. The van der Waals surface area contributed by atoms with E-state index in [1.807, 2.05) is 42.5 Å². The van der Waals surface area contributed by atoms with E-state index in [0.29, 0.717) is 6.42 Å². The van der Waals surface area contributed by atoms with Gasteiger partial charge in [-0.15, -0.1) is 0 Å². The first kappa shape index (κ1) is 13.3. The standard InChI is InChI=1S/C15H16O4/c1-18-13(16)15(14(17)19-2)10-6-9-12(15)11-7-4-3-5-8-11/h3-9,12H,10H2,1-2H3. The maximum absolute atomic E-state index is 12.2. The average molecular weight is 260 g/mol. The average Bonchev–Trinajstić information content (AvgIpc) is 2.92. The number of benzene rings is 1. The number of carbonyl (C=O) groups is 2. The number of hydrogen-bond acceptors (Lipinski definition) is 4. The molecule has 100 valence electrons. The molecule has 4 heteroatoms. The Morgan fingerprint density at radius 3 is 2.21 bits per heavy atom. The quantitative estimate of drug-likeness (QED) is 0.474. The lowest BCUT2D eigenvalue weighted by molar-refractivity contribution is -0.169. The summed E-state index contributed by atoms with van der Waals surface area (Å²) in [6.45, 7) is 0. The molecule has 0 aliphatic heterocycles. The van der Waals surface area contributed by atoms with Gasteiger partial charge in [-0.3, -0.25) is 9.59 Å². The van der Waals surface area contributed by atoms with Gasteiger partial charge in [0.15, 0.2) is 5.41 Å². The molecule has 0 radical (unpaired) electrons. The number of rotatable bonds is 3. The van der Waals surface area contributed by atoms with Crippen LogP contribution in [0.15, 0.2) is 42.5 Å². The number of esters is 2. The van der Waals surface area contributed by atoms with Crippen LogP contribution in [0.5, 0.6) is 0 Å². The third-order valence-electron chi connectivity index (χ3n) is 3.56. The molecule has 1 aromatic carbocycles. The fourth-order valence-corrected chi connectivity index (χ4v) is 2.61. The van der Waals surface area contributed by atoms with Gasteiger partial charge in [-0.2, -0.15) is 0 Å². The summed E-state index contributed by atoms with van der Waals surface area (Å²) in [5.41, 5.74) is -0.405. The van der Waals surface area contributed by atoms with Gasteiger partial charge in [-0.05, 0) is 12.0 Å². The van der Waals surface area contributed by atoms with Crippen molar-refractivity contribution in [3.63, 3.8) is 0 Å². The summed E-state index contributed by atoms with van der Waals surface area (Å²) in [7, 11) is 2.57. The Morgan fingerprint density at radius 2 is 1.68 bits per heavy atom. The van der Waals surface area contributed by atoms with Crippen LogP contribution in [0, 0.1) is 5.41 Å². The van der Waals surface area contributed by atoms with E-state index in [-0.39, 0.29) is 5.92 Å². The molecule has 0 saturated heterocycles. The first-order chi connectivity index (χ1) is 9.16. The number of methoxy groups -OCH3 is 2. The molecule has 0 amide bonds. The lowest BCUT2D eigenvalue weighted by Crippen LogP contribution is -2.43. The number of ether oxygens (including phenoxy) is 2. The van der Waals surface area contributed by atoms with Gasteiger partial charge in [0.1, 0.15) is 0 Å². The molecule has 0 saturated carbocycles. The second-order valence-electron chi connectivity index (χ2n) is 4.48. The summed E-state index contributed by atoms with van der Waals surface area (Å²) in [5, 5.41) is 0. The van der Waals surface area contributed by atoms with E-state index < -0.39 is 17.4 Å².